The molecule has 0 unspecified atom stereocenters. The molecule has 2 aromatic carbocycles. The zero-order valence-corrected chi connectivity index (χ0v) is 17.1. The van der Waals surface area contributed by atoms with Crippen molar-refractivity contribution in [3.8, 4) is 0 Å². The number of nitrogens with two attached hydrogens (primary N) is 1. The molecule has 0 radical (unpaired) electrons. The zero-order chi connectivity index (χ0) is 19.6. The topological polar surface area (TPSA) is 119 Å². The summed E-state index contributed by atoms with van der Waals surface area (Å²) >= 11 is 2.01. The number of ketones is 1. The van der Waals surface area contributed by atoms with E-state index in [0.29, 0.717) is 24.1 Å². The predicted molar refractivity (Wildman–Crippen MR) is 110 cm³/mol. The number of primary amides is 1. The Balaban J connectivity index is 1.70. The maximum Gasteiger partial charge on any atom is 0.286 e. The number of sulfonamides is 1. The van der Waals surface area contributed by atoms with E-state index in [0.717, 1.165) is 9.13 Å². The molecule has 0 atom stereocenters. The molecule has 1 aliphatic rings. The lowest BCUT2D eigenvalue weighted by Crippen LogP contribution is -2.29. The van der Waals surface area contributed by atoms with E-state index in [2.05, 4.69) is 9.71 Å². The summed E-state index contributed by atoms with van der Waals surface area (Å²) in [4.78, 5) is 23.9. The van der Waals surface area contributed by atoms with Crippen LogP contribution in [0.2, 0.25) is 0 Å². The van der Waals surface area contributed by atoms with Crippen molar-refractivity contribution in [3.63, 3.8) is 0 Å². The van der Waals surface area contributed by atoms with Crippen LogP contribution in [0, 0.1) is 3.57 Å². The third-order valence-electron chi connectivity index (χ3n) is 4.08. The van der Waals surface area contributed by atoms with Gasteiger partial charge in [-0.05, 0) is 65.3 Å². The molecule has 9 heteroatoms. The summed E-state index contributed by atoms with van der Waals surface area (Å²) in [5.41, 5.74) is 6.86. The molecule has 0 saturated carbocycles. The second kappa shape index (κ2) is 7.77. The van der Waals surface area contributed by atoms with Gasteiger partial charge in [0.2, 0.25) is 5.91 Å². The van der Waals surface area contributed by atoms with Crippen LogP contribution in [0.3, 0.4) is 0 Å². The number of halogens is 1. The number of amidine groups is 1. The van der Waals surface area contributed by atoms with Gasteiger partial charge in [0.15, 0.2) is 11.6 Å². The van der Waals surface area contributed by atoms with Gasteiger partial charge in [-0.2, -0.15) is 8.42 Å². The highest BCUT2D eigenvalue weighted by Crippen LogP contribution is 2.29. The maximum atomic E-state index is 12.4. The monoisotopic (exact) mass is 497 g/mol. The Kier molecular flexibility index (Phi) is 5.61. The van der Waals surface area contributed by atoms with Crippen LogP contribution in [-0.2, 0) is 21.2 Å². The minimum atomic E-state index is -3.92. The van der Waals surface area contributed by atoms with E-state index in [4.69, 9.17) is 5.73 Å². The van der Waals surface area contributed by atoms with Crippen LogP contribution in [0.4, 0.5) is 5.69 Å². The molecule has 0 fully saturated rings. The summed E-state index contributed by atoms with van der Waals surface area (Å²) in [6.45, 7) is 0. The molecule has 0 aliphatic carbocycles. The third kappa shape index (κ3) is 4.35. The number of benzene rings is 2. The summed E-state index contributed by atoms with van der Waals surface area (Å²) < 4.78 is 29.0. The number of anilines is 1. The van der Waals surface area contributed by atoms with Crippen molar-refractivity contribution in [2.75, 3.05) is 5.32 Å². The van der Waals surface area contributed by atoms with Crippen LogP contribution in [0.1, 0.15) is 28.8 Å². The molecule has 1 aliphatic heterocycles. The molecule has 3 rings (SSSR count). The Morgan fingerprint density at radius 1 is 1.15 bits per heavy atom. The van der Waals surface area contributed by atoms with E-state index in [-0.39, 0.29) is 17.2 Å². The van der Waals surface area contributed by atoms with E-state index in [1.54, 1.807) is 36.4 Å². The second-order valence-electron chi connectivity index (χ2n) is 5.98. The van der Waals surface area contributed by atoms with Gasteiger partial charge in [0.25, 0.3) is 10.0 Å². The van der Waals surface area contributed by atoms with E-state index in [1.807, 2.05) is 22.6 Å². The van der Waals surface area contributed by atoms with Crippen LogP contribution >= 0.6 is 22.6 Å². The van der Waals surface area contributed by atoms with E-state index in [9.17, 15) is 18.0 Å². The van der Waals surface area contributed by atoms with Gasteiger partial charge < -0.3 is 11.1 Å². The highest BCUT2D eigenvalue weighted by atomic mass is 127. The zero-order valence-electron chi connectivity index (χ0n) is 14.1. The van der Waals surface area contributed by atoms with Gasteiger partial charge in [0, 0.05) is 15.6 Å². The molecule has 27 heavy (non-hydrogen) atoms. The molecular formula is C18H16IN3O4S. The van der Waals surface area contributed by atoms with Crippen LogP contribution in [-0.4, -0.2) is 25.9 Å². The number of aryl methyl sites for hydroxylation is 1. The molecule has 7 nitrogen and oxygen atoms in total. The Labute approximate surface area is 170 Å². The summed E-state index contributed by atoms with van der Waals surface area (Å²) in [5, 5.41) is 2.80. The van der Waals surface area contributed by atoms with Gasteiger partial charge >= 0.3 is 0 Å². The number of rotatable bonds is 6. The first-order valence-corrected chi connectivity index (χ1v) is 10.6. The van der Waals surface area contributed by atoms with Gasteiger partial charge in [0.05, 0.1) is 5.69 Å². The largest absolute Gasteiger partial charge is 0.366 e. The standard InChI is InChI=1S/C18H16IN3O4S/c19-12-8-9-14-16(10-12)27(25,26)22-18(21-14)15(23)7-3-5-11-4-1-2-6-13(11)17(20)24/h1-2,4,6,8-10H,3,5,7H2,(H2,20,24)(H,21,22). The minimum absolute atomic E-state index is 0.0568. The van der Waals surface area contributed by atoms with E-state index in [1.165, 1.54) is 6.07 Å². The number of carbonyl (C=O) groups excluding carboxylic acids is 2. The highest BCUT2D eigenvalue weighted by Gasteiger charge is 2.28. The van der Waals surface area contributed by atoms with Gasteiger partial charge in [0.1, 0.15) is 4.90 Å². The fourth-order valence-corrected chi connectivity index (χ4v) is 4.65. The first-order chi connectivity index (χ1) is 12.8. The lowest BCUT2D eigenvalue weighted by atomic mass is 10.0. The molecular weight excluding hydrogens is 481 g/mol. The van der Waals surface area contributed by atoms with Gasteiger partial charge in [-0.3, -0.25) is 9.59 Å². The SMILES string of the molecule is NC(=O)c1ccccc1CCCC(=O)C1=NS(=O)(=O)c2cc(I)ccc2N1. The molecule has 1 heterocycles. The van der Waals surface area contributed by atoms with E-state index >= 15 is 0 Å². The van der Waals surface area contributed by atoms with Crippen molar-refractivity contribution in [3.05, 3.63) is 57.2 Å². The number of carbonyl (C=O) groups is 2. The van der Waals surface area contributed by atoms with Crippen LogP contribution in [0.5, 0.6) is 0 Å². The number of Topliss-reactive ketones (excluding diaryl/α,β-unsaturated/α-hetero) is 1. The molecule has 0 spiro atoms. The fraction of sp³-hybridized carbons (Fsp3) is 0.167. The summed E-state index contributed by atoms with van der Waals surface area (Å²) in [6.07, 6.45) is 0.997. The van der Waals surface area contributed by atoms with Crippen molar-refractivity contribution < 1.29 is 18.0 Å². The number of hydrogen-bond acceptors (Lipinski definition) is 5. The molecule has 0 saturated heterocycles. The third-order valence-corrected chi connectivity index (χ3v) is 6.07. The van der Waals surface area contributed by atoms with Crippen molar-refractivity contribution >= 4 is 55.8 Å². The van der Waals surface area contributed by atoms with Gasteiger partial charge in [-0.1, -0.05) is 18.2 Å². The van der Waals surface area contributed by atoms with Crippen LogP contribution < -0.4 is 11.1 Å². The van der Waals surface area contributed by atoms with Crippen molar-refractivity contribution in [2.45, 2.75) is 24.2 Å². The number of hydrogen-bond donors (Lipinski definition) is 2. The number of fused-ring (bicyclic) bond motifs is 1. The number of nitrogens with one attached hydrogen (secondary N) is 1. The Morgan fingerprint density at radius 3 is 2.63 bits per heavy atom. The predicted octanol–water partition coefficient (Wildman–Crippen LogP) is 2.49. The lowest BCUT2D eigenvalue weighted by Gasteiger charge is -2.17. The summed E-state index contributed by atoms with van der Waals surface area (Å²) in [6, 6.07) is 11.8. The van der Waals surface area contributed by atoms with Crippen LogP contribution in [0.25, 0.3) is 0 Å². The lowest BCUT2D eigenvalue weighted by molar-refractivity contribution is -0.113. The van der Waals surface area contributed by atoms with Gasteiger partial charge in [-0.15, -0.1) is 4.40 Å². The first-order valence-electron chi connectivity index (χ1n) is 8.10. The molecule has 0 aromatic heterocycles. The Hall–Kier alpha value is -2.27. The quantitative estimate of drug-likeness (QED) is 0.595. The fourth-order valence-electron chi connectivity index (χ4n) is 2.79. The average Bonchev–Trinajstić information content (AvgIpc) is 2.62. The van der Waals surface area contributed by atoms with Crippen LogP contribution in [0.15, 0.2) is 51.8 Å². The summed E-state index contributed by atoms with van der Waals surface area (Å²) in [7, 11) is -3.92. The Morgan fingerprint density at radius 2 is 1.89 bits per heavy atom. The first kappa shape index (κ1) is 19.5. The van der Waals surface area contributed by atoms with Crippen molar-refractivity contribution in [1.29, 1.82) is 0 Å². The normalized spacial score (nSPS) is 14.6. The number of amides is 1. The Bertz CT molecular complexity index is 1060. The molecule has 1 amide bonds. The minimum Gasteiger partial charge on any atom is -0.366 e. The summed E-state index contributed by atoms with van der Waals surface area (Å²) in [5.74, 6) is -1.11. The van der Waals surface area contributed by atoms with Crippen molar-refractivity contribution in [1.82, 2.24) is 0 Å². The van der Waals surface area contributed by atoms with E-state index < -0.39 is 21.7 Å². The maximum absolute atomic E-state index is 12.4. The highest BCUT2D eigenvalue weighted by molar-refractivity contribution is 14.1. The van der Waals surface area contributed by atoms with Gasteiger partial charge in [-0.25, -0.2) is 0 Å². The molecule has 140 valence electrons. The van der Waals surface area contributed by atoms with Crippen molar-refractivity contribution in [2.24, 2.45) is 10.1 Å². The number of nitrogens with zero attached hydrogens (tertiary/aromatic N) is 1. The molecule has 2 aromatic rings. The average molecular weight is 497 g/mol. The molecule has 3 N–H and O–H groups in total. The smallest absolute Gasteiger partial charge is 0.286 e. The molecule has 0 bridgehead atoms. The second-order valence-corrected chi connectivity index (χ2v) is 8.80.